The van der Waals surface area contributed by atoms with Crippen molar-refractivity contribution in [2.24, 2.45) is 0 Å². The molecule has 0 fully saturated rings. The molecule has 0 aliphatic carbocycles. The fraction of sp³-hybridized carbons (Fsp3) is 0. The van der Waals surface area contributed by atoms with Gasteiger partial charge in [-0.1, -0.05) is 63.9 Å². The molecule has 0 nitrogen and oxygen atoms in total. The molecule has 0 atom stereocenters. The zero-order valence-corrected chi connectivity index (χ0v) is 10.7. The molecule has 0 heterocycles. The molecule has 0 bridgehead atoms. The van der Waals surface area contributed by atoms with Crippen molar-refractivity contribution in [3.05, 3.63) is 58.0 Å². The van der Waals surface area contributed by atoms with Gasteiger partial charge in [-0.2, -0.15) is 0 Å². The van der Waals surface area contributed by atoms with Gasteiger partial charge in [0.25, 0.3) is 0 Å². The molecule has 3 rings (SSSR count). The maximum Gasteiger partial charge on any atom is 0.0485 e. The van der Waals surface area contributed by atoms with Gasteiger partial charge in [-0.25, -0.2) is 0 Å². The van der Waals surface area contributed by atoms with Gasteiger partial charge >= 0.3 is 0 Å². The summed E-state index contributed by atoms with van der Waals surface area (Å²) in [5, 5.41) is 5.54. The molecule has 0 saturated heterocycles. The van der Waals surface area contributed by atoms with E-state index in [9.17, 15) is 0 Å². The Balaban J connectivity index is 2.64. The average molecular weight is 292 g/mol. The van der Waals surface area contributed by atoms with Crippen LogP contribution >= 0.6 is 27.5 Å². The highest BCUT2D eigenvalue weighted by molar-refractivity contribution is 9.10. The summed E-state index contributed by atoms with van der Waals surface area (Å²) in [6, 6.07) is 16.4. The molecule has 0 aromatic heterocycles. The Morgan fingerprint density at radius 2 is 1.38 bits per heavy atom. The molecule has 2 heteroatoms. The molecule has 3 aromatic carbocycles. The van der Waals surface area contributed by atoms with Crippen molar-refractivity contribution in [3.8, 4) is 0 Å². The topological polar surface area (TPSA) is 0 Å². The summed E-state index contributed by atoms with van der Waals surface area (Å²) in [4.78, 5) is 0. The number of hydrogen-bond acceptors (Lipinski definition) is 0. The van der Waals surface area contributed by atoms with Gasteiger partial charge in [0, 0.05) is 14.9 Å². The summed E-state index contributed by atoms with van der Waals surface area (Å²) in [7, 11) is 0. The van der Waals surface area contributed by atoms with Crippen LogP contribution in [0.1, 0.15) is 0 Å². The predicted octanol–water partition coefficient (Wildman–Crippen LogP) is 5.41. The maximum absolute atomic E-state index is 6.21. The fourth-order valence-electron chi connectivity index (χ4n) is 2.05. The van der Waals surface area contributed by atoms with Crippen LogP contribution in [0.4, 0.5) is 0 Å². The van der Waals surface area contributed by atoms with Crippen LogP contribution in [0.5, 0.6) is 0 Å². The average Bonchev–Trinajstić information content (AvgIpc) is 2.31. The SMILES string of the molecule is Clc1cccc2c1cc(Br)c1ccccc12. The predicted molar refractivity (Wildman–Crippen MR) is 74.2 cm³/mol. The third kappa shape index (κ3) is 1.43. The normalized spacial score (nSPS) is 11.1. The standard InChI is InChI=1S/C14H8BrCl/c15-13-8-12-10(6-3-7-14(12)16)9-4-1-2-5-11(9)13/h1-8H. The van der Waals surface area contributed by atoms with Crippen molar-refractivity contribution in [2.75, 3.05) is 0 Å². The van der Waals surface area contributed by atoms with E-state index in [1.807, 2.05) is 18.2 Å². The minimum absolute atomic E-state index is 0.795. The highest BCUT2D eigenvalue weighted by Crippen LogP contribution is 2.34. The first-order chi connectivity index (χ1) is 7.77. The van der Waals surface area contributed by atoms with Crippen molar-refractivity contribution in [3.63, 3.8) is 0 Å². The first kappa shape index (κ1) is 10.1. The van der Waals surface area contributed by atoms with Crippen LogP contribution in [0.2, 0.25) is 5.02 Å². The van der Waals surface area contributed by atoms with Crippen LogP contribution in [0, 0.1) is 0 Å². The Kier molecular flexibility index (Phi) is 2.38. The molecule has 3 aromatic rings. The molecule has 0 aliphatic rings. The second-order valence-corrected chi connectivity index (χ2v) is 5.00. The number of halogens is 2. The molecule has 0 N–H and O–H groups in total. The maximum atomic E-state index is 6.21. The Morgan fingerprint density at radius 1 is 0.750 bits per heavy atom. The van der Waals surface area contributed by atoms with Crippen molar-refractivity contribution in [1.82, 2.24) is 0 Å². The van der Waals surface area contributed by atoms with Crippen LogP contribution in [-0.2, 0) is 0 Å². The van der Waals surface area contributed by atoms with E-state index in [0.717, 1.165) is 14.9 Å². The zero-order valence-electron chi connectivity index (χ0n) is 8.37. The molecular weight excluding hydrogens is 284 g/mol. The quantitative estimate of drug-likeness (QED) is 0.486. The van der Waals surface area contributed by atoms with Crippen LogP contribution < -0.4 is 0 Å². The minimum atomic E-state index is 0.795. The highest BCUT2D eigenvalue weighted by atomic mass is 79.9. The molecular formula is C14H8BrCl. The first-order valence-electron chi connectivity index (χ1n) is 5.03. The first-order valence-corrected chi connectivity index (χ1v) is 6.20. The summed E-state index contributed by atoms with van der Waals surface area (Å²) in [5.41, 5.74) is 0. The van der Waals surface area contributed by atoms with Crippen molar-refractivity contribution in [1.29, 1.82) is 0 Å². The highest BCUT2D eigenvalue weighted by Gasteiger charge is 2.06. The Bertz CT molecular complexity index is 683. The van der Waals surface area contributed by atoms with Crippen LogP contribution in [0.25, 0.3) is 21.5 Å². The Hall–Kier alpha value is -1.05. The monoisotopic (exact) mass is 290 g/mol. The van der Waals surface area contributed by atoms with E-state index in [1.165, 1.54) is 16.2 Å². The third-order valence-electron chi connectivity index (χ3n) is 2.80. The minimum Gasteiger partial charge on any atom is -0.0837 e. The number of rotatable bonds is 0. The molecule has 0 unspecified atom stereocenters. The van der Waals surface area contributed by atoms with Crippen molar-refractivity contribution < 1.29 is 0 Å². The van der Waals surface area contributed by atoms with E-state index >= 15 is 0 Å². The summed E-state index contributed by atoms with van der Waals surface area (Å²) in [6.07, 6.45) is 0. The van der Waals surface area contributed by atoms with E-state index in [2.05, 4.69) is 46.3 Å². The number of fused-ring (bicyclic) bond motifs is 3. The van der Waals surface area contributed by atoms with Gasteiger partial charge in [-0.15, -0.1) is 0 Å². The summed E-state index contributed by atoms with van der Waals surface area (Å²) < 4.78 is 1.09. The van der Waals surface area contributed by atoms with E-state index in [4.69, 9.17) is 11.6 Å². The number of benzene rings is 3. The third-order valence-corrected chi connectivity index (χ3v) is 3.78. The molecule has 16 heavy (non-hydrogen) atoms. The van der Waals surface area contributed by atoms with Gasteiger partial charge in [0.2, 0.25) is 0 Å². The van der Waals surface area contributed by atoms with Crippen molar-refractivity contribution >= 4 is 49.1 Å². The molecule has 0 radical (unpaired) electrons. The van der Waals surface area contributed by atoms with Gasteiger partial charge in [0.1, 0.15) is 0 Å². The zero-order chi connectivity index (χ0) is 11.1. The van der Waals surface area contributed by atoms with Gasteiger partial charge in [-0.3, -0.25) is 0 Å². The Labute approximate surface area is 107 Å². The fourth-order valence-corrected chi connectivity index (χ4v) is 2.85. The molecule has 0 aliphatic heterocycles. The van der Waals surface area contributed by atoms with E-state index in [0.29, 0.717) is 0 Å². The summed E-state index contributed by atoms with van der Waals surface area (Å²) in [5.74, 6) is 0. The smallest absolute Gasteiger partial charge is 0.0485 e. The lowest BCUT2D eigenvalue weighted by Crippen LogP contribution is -1.80. The number of hydrogen-bond donors (Lipinski definition) is 0. The van der Waals surface area contributed by atoms with E-state index in [-0.39, 0.29) is 0 Å². The van der Waals surface area contributed by atoms with Crippen LogP contribution in [0.3, 0.4) is 0 Å². The molecule has 78 valence electrons. The van der Waals surface area contributed by atoms with Gasteiger partial charge in [-0.05, 0) is 28.3 Å². The van der Waals surface area contributed by atoms with Crippen LogP contribution in [-0.4, -0.2) is 0 Å². The van der Waals surface area contributed by atoms with Gasteiger partial charge < -0.3 is 0 Å². The van der Waals surface area contributed by atoms with Gasteiger partial charge in [0.05, 0.1) is 0 Å². The second-order valence-electron chi connectivity index (χ2n) is 3.74. The summed E-state index contributed by atoms with van der Waals surface area (Å²) in [6.45, 7) is 0. The van der Waals surface area contributed by atoms with E-state index < -0.39 is 0 Å². The van der Waals surface area contributed by atoms with Crippen LogP contribution in [0.15, 0.2) is 53.0 Å². The lowest BCUT2D eigenvalue weighted by Gasteiger charge is -2.07. The molecule has 0 saturated carbocycles. The second kappa shape index (κ2) is 3.76. The van der Waals surface area contributed by atoms with Crippen molar-refractivity contribution in [2.45, 2.75) is 0 Å². The molecule has 0 spiro atoms. The summed E-state index contributed by atoms with van der Waals surface area (Å²) >= 11 is 9.80. The Morgan fingerprint density at radius 3 is 2.19 bits per heavy atom. The van der Waals surface area contributed by atoms with Gasteiger partial charge in [0.15, 0.2) is 0 Å². The lowest BCUT2D eigenvalue weighted by atomic mass is 10.0. The van der Waals surface area contributed by atoms with E-state index in [1.54, 1.807) is 0 Å². The largest absolute Gasteiger partial charge is 0.0837 e. The lowest BCUT2D eigenvalue weighted by molar-refractivity contribution is 1.73. The molecule has 0 amide bonds.